The molecule has 0 radical (unpaired) electrons. The molecule has 16 nitrogen and oxygen atoms in total. The van der Waals surface area contributed by atoms with E-state index in [4.69, 9.17) is 71.1 Å². The average molecular weight is 2060 g/mol. The van der Waals surface area contributed by atoms with Gasteiger partial charge >= 0.3 is 6.16 Å². The van der Waals surface area contributed by atoms with E-state index in [1.165, 1.54) is 154 Å². The highest BCUT2D eigenvalue weighted by Crippen LogP contribution is 2.38. The molecule has 9 aromatic rings. The van der Waals surface area contributed by atoms with Crippen LogP contribution in [0.3, 0.4) is 0 Å². The monoisotopic (exact) mass is 2050 g/mol. The van der Waals surface area contributed by atoms with Gasteiger partial charge in [0.25, 0.3) is 0 Å². The number of hydrogen-bond acceptors (Lipinski definition) is 16. The Balaban J connectivity index is 0.000000261. The fourth-order valence-corrected chi connectivity index (χ4v) is 17.5. The van der Waals surface area contributed by atoms with Crippen molar-refractivity contribution in [2.45, 2.75) is 469 Å². The van der Waals surface area contributed by atoms with Crippen LogP contribution < -0.4 is 37.9 Å². The minimum Gasteiger partial charge on any atom is -0.488 e. The zero-order valence-electron chi connectivity index (χ0n) is 97.7. The van der Waals surface area contributed by atoms with Crippen molar-refractivity contribution in [3.63, 3.8) is 0 Å². The average Bonchev–Trinajstić information content (AvgIpc) is 1.81. The van der Waals surface area contributed by atoms with Gasteiger partial charge in [-0.05, 0) is 392 Å². The summed E-state index contributed by atoms with van der Waals surface area (Å²) in [5.74, 6) is 12.3. The van der Waals surface area contributed by atoms with Crippen LogP contribution in [-0.2, 0) is 39.8 Å². The van der Waals surface area contributed by atoms with Gasteiger partial charge in [0.2, 0.25) is 0 Å². The molecule has 0 spiro atoms. The fraction of sp³-hybridized carbons (Fsp3) is 0.586. The number of rotatable bonds is 44. The highest BCUT2D eigenvalue weighted by molar-refractivity contribution is 5.64. The minimum absolute atomic E-state index is 0.0454. The van der Waals surface area contributed by atoms with E-state index < -0.39 is 11.8 Å². The lowest BCUT2D eigenvalue weighted by Crippen LogP contribution is -2.28. The summed E-state index contributed by atoms with van der Waals surface area (Å²) < 4.78 is 85.9. The van der Waals surface area contributed by atoms with Crippen LogP contribution in [0, 0.1) is 5.92 Å². The van der Waals surface area contributed by atoms with Gasteiger partial charge in [-0.1, -0.05) is 284 Å². The second-order valence-corrected chi connectivity index (χ2v) is 43.6. The van der Waals surface area contributed by atoms with Gasteiger partial charge in [0.15, 0.2) is 31.5 Å². The van der Waals surface area contributed by atoms with Crippen molar-refractivity contribution < 1.29 is 75.8 Å². The van der Waals surface area contributed by atoms with Crippen LogP contribution in [0.2, 0.25) is 0 Å². The molecule has 1 aliphatic heterocycles. The molecule has 0 bridgehead atoms. The first kappa shape index (κ1) is 128. The van der Waals surface area contributed by atoms with E-state index in [1.54, 1.807) is 6.07 Å². The van der Waals surface area contributed by atoms with Crippen molar-refractivity contribution in [1.82, 2.24) is 0 Å². The third kappa shape index (κ3) is 53.2. The molecule has 9 aromatic carbocycles. The van der Waals surface area contributed by atoms with E-state index in [0.29, 0.717) is 85.6 Å². The highest BCUT2D eigenvalue weighted by Gasteiger charge is 2.31. The fourth-order valence-electron chi connectivity index (χ4n) is 17.5. The van der Waals surface area contributed by atoms with Gasteiger partial charge in [-0.25, -0.2) is 4.79 Å². The topological polar surface area (TPSA) is 156 Å². The molecular formula is C133H200O16. The van der Waals surface area contributed by atoms with Crippen molar-refractivity contribution in [3.05, 3.63) is 275 Å². The zero-order valence-corrected chi connectivity index (χ0v) is 97.7. The van der Waals surface area contributed by atoms with Crippen LogP contribution in [0.5, 0.6) is 46.0 Å². The van der Waals surface area contributed by atoms with Crippen molar-refractivity contribution in [2.75, 3.05) is 33.0 Å². The number of carbonyl (C=O) groups excluding carboxylic acids is 1. The number of hydrogen-bond donors (Lipinski definition) is 0. The largest absolute Gasteiger partial charge is 0.514 e. The first-order chi connectivity index (χ1) is 71.4. The summed E-state index contributed by atoms with van der Waals surface area (Å²) in [6, 6.07) is 76.5. The summed E-state index contributed by atoms with van der Waals surface area (Å²) in [5, 5.41) is 0. The summed E-state index contributed by atoms with van der Waals surface area (Å²) >= 11 is 0. The first-order valence-corrected chi connectivity index (χ1v) is 57.6. The van der Waals surface area contributed by atoms with Gasteiger partial charge in [-0.3, -0.25) is 0 Å². The summed E-state index contributed by atoms with van der Waals surface area (Å²) in [5.41, 5.74) is 11.1. The summed E-state index contributed by atoms with van der Waals surface area (Å²) in [7, 11) is 0. The third-order valence-corrected chi connectivity index (χ3v) is 28.6. The van der Waals surface area contributed by atoms with Crippen molar-refractivity contribution in [3.8, 4) is 46.0 Å². The molecule has 3 saturated carbocycles. The van der Waals surface area contributed by atoms with E-state index in [9.17, 15) is 4.79 Å². The van der Waals surface area contributed by atoms with E-state index in [2.05, 4.69) is 285 Å². The second-order valence-electron chi connectivity index (χ2n) is 43.6. The molecular weight excluding hydrogens is 1850 g/mol. The highest BCUT2D eigenvalue weighted by atomic mass is 16.7. The van der Waals surface area contributed by atoms with Crippen molar-refractivity contribution in [1.29, 1.82) is 0 Å². The van der Waals surface area contributed by atoms with Crippen LogP contribution >= 0.6 is 0 Å². The quantitative estimate of drug-likeness (QED) is 0.0154. The molecule has 0 aromatic heterocycles. The molecule has 1 saturated heterocycles. The van der Waals surface area contributed by atoms with Gasteiger partial charge in [-0.15, -0.1) is 0 Å². The molecule has 1 heterocycles. The molecule has 4 aliphatic rings. The van der Waals surface area contributed by atoms with Gasteiger partial charge in [0.05, 0.1) is 39.1 Å². The van der Waals surface area contributed by atoms with Crippen LogP contribution in [0.15, 0.2) is 224 Å². The lowest BCUT2D eigenvalue weighted by atomic mass is 9.90. The minimum atomic E-state index is -0.663. The predicted octanol–water partition coefficient (Wildman–Crippen LogP) is 38.2. The van der Waals surface area contributed by atoms with Crippen LogP contribution in [0.1, 0.15) is 458 Å². The van der Waals surface area contributed by atoms with Gasteiger partial charge in [-0.2, -0.15) is 0 Å². The summed E-state index contributed by atoms with van der Waals surface area (Å²) in [6.07, 6.45) is 30.4. The Bertz CT molecular complexity index is 4920. The Morgan fingerprint density at radius 1 is 0.342 bits per heavy atom. The van der Waals surface area contributed by atoms with E-state index in [1.807, 2.05) is 127 Å². The molecule has 13 atom stereocenters. The molecule has 3 aliphatic carbocycles. The van der Waals surface area contributed by atoms with Crippen molar-refractivity contribution in [2.24, 2.45) is 5.92 Å². The van der Waals surface area contributed by atoms with Crippen molar-refractivity contribution >= 4 is 6.16 Å². The lowest BCUT2D eigenvalue weighted by molar-refractivity contribution is -0.105. The Morgan fingerprint density at radius 2 is 0.698 bits per heavy atom. The van der Waals surface area contributed by atoms with Gasteiger partial charge in [0.1, 0.15) is 62.8 Å². The third-order valence-electron chi connectivity index (χ3n) is 28.6. The molecule has 4 fully saturated rings. The molecule has 16 heteroatoms. The van der Waals surface area contributed by atoms with Crippen LogP contribution in [0.25, 0.3) is 0 Å². The first-order valence-electron chi connectivity index (χ1n) is 57.6. The lowest BCUT2D eigenvalue weighted by Gasteiger charge is -2.26. The Hall–Kier alpha value is -9.39. The maximum Gasteiger partial charge on any atom is 0.514 e. The van der Waals surface area contributed by atoms with E-state index in [0.717, 1.165) is 123 Å². The number of benzene rings is 9. The maximum atomic E-state index is 11.5. The maximum absolute atomic E-state index is 11.5. The van der Waals surface area contributed by atoms with Gasteiger partial charge in [0, 0.05) is 19.4 Å². The Labute approximate surface area is 905 Å². The standard InChI is InChI=1S/C20H32O3.C19H30O2.C19H24O2.C16H24O.C15H22O3.C15H22O2.C15H24O2.C14H22O/c1-4-16(2)18-9-8-12-20(15-18)23-17(3)21-13-14-22-19-10-6-5-7-11-19;2*1-4-15(2)18-11-8-12-19(13-18)21-16(3)20-14-17-9-6-5-7-10-17;1-4-13(2)14-8-7-9-15(12-14)17-16(3)10-5-6-11-16;1-6-11(2)12-8-7-9-13(10-12)17-14(16)18-15(3,4)5;1-3-12(2)13-7-6-8-14(11-13)17-15-9-4-5-10-16-15;1-5-12(4)13-9-8-10-14(11-13)17-15(6-2)16-7-3;1-6-11(2)12-8-7-9-13(10-12)15-14(3,4)5/h8-9,12,15-17,19H,4-7,10-11,13-14H2,1-3H3;8,11-13,15-17H,4-7,9-10,14H2,1-3H3;5-13,15-16H,4,14H2,1-3H3;7-9,12-13H,4-6,10-11H2,1-3H3;7-11H,6H2,1-5H3;6-8,11-12,15H,3-5,9-10H2,1-2H3;8-12,15H,5-7H2,1-4H3;7-11H,6H2,1-5H3. The predicted molar refractivity (Wildman–Crippen MR) is 619 cm³/mol. The normalized spacial score (nSPS) is 16.9. The summed E-state index contributed by atoms with van der Waals surface area (Å²) in [4.78, 5) is 11.5. The smallest absolute Gasteiger partial charge is 0.488 e. The Kier molecular flexibility index (Phi) is 61.5. The Morgan fingerprint density at radius 3 is 1.09 bits per heavy atom. The molecule has 0 N–H and O–H groups in total. The van der Waals surface area contributed by atoms with E-state index >= 15 is 0 Å². The van der Waals surface area contributed by atoms with Crippen LogP contribution in [0.4, 0.5) is 4.79 Å². The van der Waals surface area contributed by atoms with E-state index in [-0.39, 0.29) is 42.7 Å². The second kappa shape index (κ2) is 71.5. The molecule has 13 unspecified atom stereocenters. The molecule has 828 valence electrons. The zero-order chi connectivity index (χ0) is 109. The molecule has 0 amide bonds. The number of carbonyl (C=O) groups is 1. The molecule has 13 rings (SSSR count). The SMILES string of the molecule is CCC(C)c1cccc(OC(=O)OC(C)(C)C)c1.CCC(C)c1cccc(OC(C)(C)C)c1.CCC(C)c1cccc(OC(C)OCC2CCCCC2)c1.CCC(C)c1cccc(OC(C)OCCOC2CCCCC2)c1.CCC(C)c1cccc(OC(C)OCc2ccccc2)c1.CCC(C)c1cccc(OC2(C)CCCC2)c1.CCC(C)c1cccc(OC2CCCCO2)c1.CCOC(CC)Oc1cccc(C(C)CC)c1. The van der Waals surface area contributed by atoms with Gasteiger partial charge < -0.3 is 71.1 Å². The molecule has 149 heavy (non-hydrogen) atoms. The number of ether oxygens (including phenoxy) is 15. The van der Waals surface area contributed by atoms with Crippen LogP contribution in [-0.4, -0.2) is 93.5 Å². The summed E-state index contributed by atoms with van der Waals surface area (Å²) in [6.45, 7) is 63.4.